The standard InChI is InChI=1S/C19H23ClN4OS.ClH/c1-2-21-13-14-9-11-24(12-10-14)19(25)16-7-8-18(23-22-16)26-17-6-4-3-5-15(17)20;/h3-8,14,21H,2,9-13H2,1H3;1H. The molecule has 5 nitrogen and oxygen atoms in total. The van der Waals surface area contributed by atoms with Crippen molar-refractivity contribution in [2.24, 2.45) is 5.92 Å². The van der Waals surface area contributed by atoms with E-state index in [1.807, 2.05) is 35.2 Å². The van der Waals surface area contributed by atoms with Crippen molar-refractivity contribution in [3.8, 4) is 0 Å². The van der Waals surface area contributed by atoms with Crippen LogP contribution in [0.25, 0.3) is 0 Å². The van der Waals surface area contributed by atoms with Crippen LogP contribution in [-0.4, -0.2) is 47.2 Å². The number of rotatable bonds is 6. The van der Waals surface area contributed by atoms with Gasteiger partial charge < -0.3 is 10.2 Å². The molecule has 2 aromatic rings. The molecule has 1 saturated heterocycles. The molecular formula is C19H24Cl2N4OS. The largest absolute Gasteiger partial charge is 0.337 e. The summed E-state index contributed by atoms with van der Waals surface area (Å²) in [5, 5.41) is 13.1. The number of piperidine rings is 1. The van der Waals surface area contributed by atoms with E-state index < -0.39 is 0 Å². The van der Waals surface area contributed by atoms with Gasteiger partial charge in [-0.2, -0.15) is 0 Å². The number of carbonyl (C=O) groups is 1. The highest BCUT2D eigenvalue weighted by Gasteiger charge is 2.24. The number of carbonyl (C=O) groups excluding carboxylic acids is 1. The fraction of sp³-hybridized carbons (Fsp3) is 0.421. The van der Waals surface area contributed by atoms with Crippen LogP contribution in [0.1, 0.15) is 30.3 Å². The maximum absolute atomic E-state index is 12.6. The van der Waals surface area contributed by atoms with E-state index in [4.69, 9.17) is 11.6 Å². The Hall–Kier alpha value is -1.34. The summed E-state index contributed by atoms with van der Waals surface area (Å²) in [5.41, 5.74) is 0.402. The number of nitrogens with one attached hydrogen (secondary N) is 1. The van der Waals surface area contributed by atoms with Crippen molar-refractivity contribution < 1.29 is 4.79 Å². The lowest BCUT2D eigenvalue weighted by molar-refractivity contribution is 0.0683. The van der Waals surface area contributed by atoms with E-state index in [-0.39, 0.29) is 18.3 Å². The van der Waals surface area contributed by atoms with Gasteiger partial charge in [-0.25, -0.2) is 0 Å². The maximum Gasteiger partial charge on any atom is 0.274 e. The summed E-state index contributed by atoms with van der Waals surface area (Å²) in [6.45, 7) is 5.71. The molecule has 0 atom stereocenters. The zero-order valence-corrected chi connectivity index (χ0v) is 17.6. The van der Waals surface area contributed by atoms with Crippen LogP contribution in [-0.2, 0) is 0 Å². The third-order valence-electron chi connectivity index (χ3n) is 4.50. The minimum atomic E-state index is -0.0336. The number of amides is 1. The molecule has 27 heavy (non-hydrogen) atoms. The van der Waals surface area contributed by atoms with E-state index in [0.29, 0.717) is 16.6 Å². The molecule has 1 aromatic carbocycles. The summed E-state index contributed by atoms with van der Waals surface area (Å²) in [5.74, 6) is 0.619. The smallest absolute Gasteiger partial charge is 0.274 e. The molecule has 146 valence electrons. The first kappa shape index (κ1) is 22.0. The average Bonchev–Trinajstić information content (AvgIpc) is 2.68. The quantitative estimate of drug-likeness (QED) is 0.750. The van der Waals surface area contributed by atoms with Gasteiger partial charge in [0.05, 0.1) is 5.02 Å². The van der Waals surface area contributed by atoms with Crippen molar-refractivity contribution in [2.75, 3.05) is 26.2 Å². The molecule has 0 aliphatic carbocycles. The molecule has 1 aliphatic heterocycles. The number of hydrogen-bond acceptors (Lipinski definition) is 5. The molecule has 2 heterocycles. The third-order valence-corrected chi connectivity index (χ3v) is 5.94. The molecular weight excluding hydrogens is 403 g/mol. The van der Waals surface area contributed by atoms with Crippen molar-refractivity contribution in [2.45, 2.75) is 29.7 Å². The summed E-state index contributed by atoms with van der Waals surface area (Å²) in [4.78, 5) is 15.4. The molecule has 1 aliphatic rings. The molecule has 8 heteroatoms. The number of halogens is 2. The molecule has 0 saturated carbocycles. The average molecular weight is 427 g/mol. The molecule has 1 amide bonds. The summed E-state index contributed by atoms with van der Waals surface area (Å²) in [7, 11) is 0. The highest BCUT2D eigenvalue weighted by Crippen LogP contribution is 2.31. The first-order chi connectivity index (χ1) is 12.7. The monoisotopic (exact) mass is 426 g/mol. The van der Waals surface area contributed by atoms with Crippen LogP contribution in [0.5, 0.6) is 0 Å². The van der Waals surface area contributed by atoms with Crippen molar-refractivity contribution in [1.82, 2.24) is 20.4 Å². The first-order valence-electron chi connectivity index (χ1n) is 8.93. The van der Waals surface area contributed by atoms with Gasteiger partial charge in [0.25, 0.3) is 5.91 Å². The van der Waals surface area contributed by atoms with Crippen LogP contribution < -0.4 is 5.32 Å². The lowest BCUT2D eigenvalue weighted by atomic mass is 9.96. The first-order valence-corrected chi connectivity index (χ1v) is 10.1. The van der Waals surface area contributed by atoms with Gasteiger partial charge in [0, 0.05) is 18.0 Å². The lowest BCUT2D eigenvalue weighted by Gasteiger charge is -2.31. The van der Waals surface area contributed by atoms with Gasteiger partial charge >= 0.3 is 0 Å². The van der Waals surface area contributed by atoms with Crippen molar-refractivity contribution in [3.63, 3.8) is 0 Å². The SMILES string of the molecule is CCNCC1CCN(C(=O)c2ccc(Sc3ccccc3Cl)nn2)CC1.Cl. The summed E-state index contributed by atoms with van der Waals surface area (Å²) < 4.78 is 0. The van der Waals surface area contributed by atoms with E-state index in [2.05, 4.69) is 22.4 Å². The van der Waals surface area contributed by atoms with E-state index in [1.54, 1.807) is 6.07 Å². The zero-order chi connectivity index (χ0) is 18.4. The number of aromatic nitrogens is 2. The van der Waals surface area contributed by atoms with E-state index in [1.165, 1.54) is 11.8 Å². The van der Waals surface area contributed by atoms with Crippen LogP contribution in [0.2, 0.25) is 5.02 Å². The van der Waals surface area contributed by atoms with Crippen molar-refractivity contribution in [1.29, 1.82) is 0 Å². The highest BCUT2D eigenvalue weighted by molar-refractivity contribution is 7.99. The molecule has 1 aromatic heterocycles. The molecule has 1 N–H and O–H groups in total. The fourth-order valence-corrected chi connectivity index (χ4v) is 3.99. The fourth-order valence-electron chi connectivity index (χ4n) is 2.98. The van der Waals surface area contributed by atoms with E-state index in [0.717, 1.165) is 48.9 Å². The zero-order valence-electron chi connectivity index (χ0n) is 15.2. The van der Waals surface area contributed by atoms with Crippen LogP contribution in [0.4, 0.5) is 0 Å². The Morgan fingerprint density at radius 2 is 1.96 bits per heavy atom. The van der Waals surface area contributed by atoms with Crippen LogP contribution >= 0.6 is 35.8 Å². The van der Waals surface area contributed by atoms with Crippen molar-refractivity contribution in [3.05, 3.63) is 47.1 Å². The number of nitrogens with zero attached hydrogens (tertiary/aromatic N) is 3. The minimum absolute atomic E-state index is 0. The lowest BCUT2D eigenvalue weighted by Crippen LogP contribution is -2.41. The van der Waals surface area contributed by atoms with Gasteiger partial charge in [0.15, 0.2) is 5.69 Å². The molecule has 0 bridgehead atoms. The summed E-state index contributed by atoms with van der Waals surface area (Å²) in [6, 6.07) is 11.2. The normalized spacial score (nSPS) is 14.7. The predicted octanol–water partition coefficient (Wildman–Crippen LogP) is 4.16. The maximum atomic E-state index is 12.6. The molecule has 1 fully saturated rings. The Kier molecular flexibility index (Phi) is 8.83. The topological polar surface area (TPSA) is 58.1 Å². The summed E-state index contributed by atoms with van der Waals surface area (Å²) in [6.07, 6.45) is 2.07. The van der Waals surface area contributed by atoms with Crippen LogP contribution in [0, 0.1) is 5.92 Å². The second kappa shape index (κ2) is 10.9. The highest BCUT2D eigenvalue weighted by atomic mass is 35.5. The predicted molar refractivity (Wildman–Crippen MR) is 112 cm³/mol. The van der Waals surface area contributed by atoms with Gasteiger partial charge in [0.2, 0.25) is 0 Å². The van der Waals surface area contributed by atoms with Crippen LogP contribution in [0.15, 0.2) is 46.3 Å². The van der Waals surface area contributed by atoms with Gasteiger partial charge in [0.1, 0.15) is 5.03 Å². The molecule has 0 unspecified atom stereocenters. The minimum Gasteiger partial charge on any atom is -0.337 e. The Morgan fingerprint density at radius 3 is 2.59 bits per heavy atom. The third kappa shape index (κ3) is 6.07. The number of likely N-dealkylation sites (tertiary alicyclic amines) is 1. The Labute approximate surface area is 175 Å². The van der Waals surface area contributed by atoms with E-state index in [9.17, 15) is 4.79 Å². The van der Waals surface area contributed by atoms with Gasteiger partial charge in [-0.3, -0.25) is 4.79 Å². The Morgan fingerprint density at radius 1 is 1.22 bits per heavy atom. The van der Waals surface area contributed by atoms with Crippen molar-refractivity contribution >= 4 is 41.7 Å². The molecule has 0 spiro atoms. The van der Waals surface area contributed by atoms with Gasteiger partial charge in [-0.05, 0) is 56.1 Å². The second-order valence-corrected chi connectivity index (χ2v) is 7.80. The number of benzene rings is 1. The Balaban J connectivity index is 0.00000261. The van der Waals surface area contributed by atoms with Gasteiger partial charge in [-0.1, -0.05) is 42.4 Å². The van der Waals surface area contributed by atoms with Crippen LogP contribution in [0.3, 0.4) is 0 Å². The molecule has 0 radical (unpaired) electrons. The molecule has 3 rings (SSSR count). The second-order valence-electron chi connectivity index (χ2n) is 6.33. The Bertz CT molecular complexity index is 737. The van der Waals surface area contributed by atoms with Gasteiger partial charge in [-0.15, -0.1) is 22.6 Å². The summed E-state index contributed by atoms with van der Waals surface area (Å²) >= 11 is 7.61. The number of hydrogen-bond donors (Lipinski definition) is 1. The van der Waals surface area contributed by atoms with E-state index >= 15 is 0 Å².